The lowest BCUT2D eigenvalue weighted by Gasteiger charge is -2.37. The van der Waals surface area contributed by atoms with E-state index in [1.54, 1.807) is 27.7 Å². The van der Waals surface area contributed by atoms with E-state index in [1.807, 2.05) is 24.3 Å². The zero-order valence-corrected chi connectivity index (χ0v) is 31.4. The number of pyridine rings is 1. The molecule has 6 aliphatic rings. The van der Waals surface area contributed by atoms with E-state index in [9.17, 15) is 19.2 Å². The van der Waals surface area contributed by atoms with Gasteiger partial charge in [-0.15, -0.1) is 0 Å². The maximum atomic E-state index is 14.8. The number of nitrogens with one attached hydrogen (secondary N) is 2. The average molecular weight is 741 g/mol. The molecule has 1 spiro atoms. The molecule has 4 aliphatic heterocycles. The molecule has 1 aromatic carbocycles. The highest BCUT2D eigenvalue weighted by Crippen LogP contribution is 2.53. The third kappa shape index (κ3) is 6.58. The van der Waals surface area contributed by atoms with E-state index in [0.717, 1.165) is 54.3 Å². The molecule has 5 heterocycles. The van der Waals surface area contributed by atoms with Crippen molar-refractivity contribution >= 4 is 34.8 Å². The number of hydrogen-bond donors (Lipinski definition) is 2. The highest BCUT2D eigenvalue weighted by Gasteiger charge is 2.57. The fourth-order valence-corrected chi connectivity index (χ4v) is 8.35. The maximum Gasteiger partial charge on any atom is 0.408 e. The standard InChI is InChI=1S/C41H48N4O9/c1-5-50-37(48)41-20-17-25(41)11-9-7-6-8-10-12-28(43-38(49)54-39(2,3)4)36(47)45-22-40(21-29(45)35(46)44-41)19-18-26-31-27(15-16-30-34(31)52-23-51-30)42-32(24-13-14-24)33(26)53-40/h9,11,15-16,24-25,28-29H,5-8,10,12-14,18-19,21-23H2,1-4H3,(H,43,49)(H,44,46). The fraction of sp³-hybridized carbons (Fsp3) is 0.585. The molecular weight excluding hydrogens is 692 g/mol. The summed E-state index contributed by atoms with van der Waals surface area (Å²) in [4.78, 5) is 62.7. The quantitative estimate of drug-likeness (QED) is 0.250. The maximum absolute atomic E-state index is 14.8. The smallest absolute Gasteiger partial charge is 0.408 e. The zero-order chi connectivity index (χ0) is 37.8. The largest absolute Gasteiger partial charge is 0.483 e. The Morgan fingerprint density at radius 3 is 2.69 bits per heavy atom. The Labute approximate surface area is 314 Å². The predicted octanol–water partition coefficient (Wildman–Crippen LogP) is 4.97. The topological polar surface area (TPSA) is 155 Å². The fourth-order valence-electron chi connectivity index (χ4n) is 8.35. The number of amides is 3. The zero-order valence-electron chi connectivity index (χ0n) is 31.4. The molecule has 0 bridgehead atoms. The molecule has 2 N–H and O–H groups in total. The number of nitrogens with zero attached hydrogens (tertiary/aromatic N) is 2. The SMILES string of the molecule is CCOC(=O)C12C#CC1C=CCCCCCC(NC(=O)OC(C)(C)C)C(=O)N1CC3(CCc4c(c(C5CC5)nc5ccc6c(c45)OCO6)O3)CC1C(=O)N2. The van der Waals surface area contributed by atoms with Crippen molar-refractivity contribution in [3.8, 4) is 29.1 Å². The van der Waals surface area contributed by atoms with E-state index in [2.05, 4.69) is 22.5 Å². The number of carbonyl (C=O) groups is 4. The minimum absolute atomic E-state index is 0.0892. The summed E-state index contributed by atoms with van der Waals surface area (Å²) in [6.45, 7) is 7.32. The molecule has 2 aromatic rings. The normalized spacial score (nSPS) is 28.9. The van der Waals surface area contributed by atoms with Crippen LogP contribution in [0.25, 0.3) is 10.9 Å². The van der Waals surface area contributed by atoms with E-state index in [-0.39, 0.29) is 32.3 Å². The summed E-state index contributed by atoms with van der Waals surface area (Å²) < 4.78 is 29.8. The lowest BCUT2D eigenvalue weighted by atomic mass is 9.76. The van der Waals surface area contributed by atoms with Crippen molar-refractivity contribution in [1.82, 2.24) is 20.5 Å². The molecule has 1 saturated carbocycles. The van der Waals surface area contributed by atoms with Crippen molar-refractivity contribution in [1.29, 1.82) is 0 Å². The molecule has 5 unspecified atom stereocenters. The van der Waals surface area contributed by atoms with E-state index in [1.165, 1.54) is 4.90 Å². The number of ether oxygens (including phenoxy) is 5. The van der Waals surface area contributed by atoms with Crippen LogP contribution in [0.3, 0.4) is 0 Å². The Morgan fingerprint density at radius 1 is 1.11 bits per heavy atom. The first-order valence-electron chi connectivity index (χ1n) is 19.3. The molecule has 8 rings (SSSR count). The van der Waals surface area contributed by atoms with Gasteiger partial charge in [0.05, 0.1) is 35.7 Å². The molecule has 2 fully saturated rings. The Kier molecular flexibility index (Phi) is 9.13. The van der Waals surface area contributed by atoms with Gasteiger partial charge in [-0.2, -0.15) is 0 Å². The Bertz CT molecular complexity index is 1990. The number of rotatable bonds is 4. The van der Waals surface area contributed by atoms with Crippen LogP contribution >= 0.6 is 0 Å². The molecule has 286 valence electrons. The van der Waals surface area contributed by atoms with Gasteiger partial charge in [-0.05, 0) is 84.8 Å². The van der Waals surface area contributed by atoms with Crippen LogP contribution in [-0.4, -0.2) is 82.5 Å². The summed E-state index contributed by atoms with van der Waals surface area (Å²) in [7, 11) is 0. The van der Waals surface area contributed by atoms with Crippen LogP contribution < -0.4 is 24.8 Å². The summed E-state index contributed by atoms with van der Waals surface area (Å²) >= 11 is 0. The predicted molar refractivity (Wildman–Crippen MR) is 196 cm³/mol. The van der Waals surface area contributed by atoms with Crippen molar-refractivity contribution in [2.24, 2.45) is 5.92 Å². The molecule has 2 aliphatic carbocycles. The summed E-state index contributed by atoms with van der Waals surface area (Å²) in [5.74, 6) is 6.01. The summed E-state index contributed by atoms with van der Waals surface area (Å²) in [6, 6.07) is 1.85. The summed E-state index contributed by atoms with van der Waals surface area (Å²) in [6.07, 6.45) is 9.75. The first kappa shape index (κ1) is 36.0. The van der Waals surface area contributed by atoms with Gasteiger partial charge in [0.25, 0.3) is 0 Å². The van der Waals surface area contributed by atoms with Gasteiger partial charge in [-0.3, -0.25) is 9.59 Å². The monoisotopic (exact) mass is 740 g/mol. The molecule has 13 heteroatoms. The minimum atomic E-state index is -1.59. The first-order chi connectivity index (χ1) is 25.9. The molecule has 0 radical (unpaired) electrons. The third-order valence-electron chi connectivity index (χ3n) is 11.2. The van der Waals surface area contributed by atoms with Gasteiger partial charge in [0.15, 0.2) is 11.5 Å². The average Bonchev–Trinajstić information content (AvgIpc) is 3.73. The van der Waals surface area contributed by atoms with Gasteiger partial charge in [0.1, 0.15) is 29.0 Å². The number of hydrogen-bond acceptors (Lipinski definition) is 10. The van der Waals surface area contributed by atoms with Crippen molar-refractivity contribution in [2.45, 2.75) is 127 Å². The van der Waals surface area contributed by atoms with Gasteiger partial charge < -0.3 is 39.2 Å². The van der Waals surface area contributed by atoms with Crippen LogP contribution in [0.5, 0.6) is 17.2 Å². The molecule has 1 saturated heterocycles. The van der Waals surface area contributed by atoms with E-state index < -0.39 is 58.6 Å². The van der Waals surface area contributed by atoms with Crippen LogP contribution in [0.4, 0.5) is 4.79 Å². The van der Waals surface area contributed by atoms with E-state index in [4.69, 9.17) is 28.7 Å². The summed E-state index contributed by atoms with van der Waals surface area (Å²) in [5, 5.41) is 6.64. The van der Waals surface area contributed by atoms with Gasteiger partial charge in [-0.25, -0.2) is 14.6 Å². The highest BCUT2D eigenvalue weighted by molar-refractivity contribution is 5.98. The van der Waals surface area contributed by atoms with Crippen molar-refractivity contribution < 1.29 is 42.9 Å². The number of fused-ring (bicyclic) bond motifs is 7. The van der Waals surface area contributed by atoms with Crippen LogP contribution in [0, 0.1) is 17.8 Å². The van der Waals surface area contributed by atoms with E-state index >= 15 is 0 Å². The van der Waals surface area contributed by atoms with Crippen LogP contribution in [0.15, 0.2) is 24.3 Å². The van der Waals surface area contributed by atoms with Gasteiger partial charge >= 0.3 is 12.1 Å². The molecule has 54 heavy (non-hydrogen) atoms. The number of aryl methyl sites for hydroxylation is 1. The lowest BCUT2D eigenvalue weighted by molar-refractivity contribution is -0.153. The second-order valence-electron chi connectivity index (χ2n) is 16.3. The van der Waals surface area contributed by atoms with Gasteiger partial charge in [-0.1, -0.05) is 36.8 Å². The van der Waals surface area contributed by atoms with Crippen LogP contribution in [-0.2, 0) is 30.3 Å². The minimum Gasteiger partial charge on any atom is -0.483 e. The number of aromatic nitrogens is 1. The Balaban J connectivity index is 1.18. The molecule has 1 aromatic heterocycles. The highest BCUT2D eigenvalue weighted by atomic mass is 16.7. The van der Waals surface area contributed by atoms with Crippen LogP contribution in [0.2, 0.25) is 0 Å². The number of alkyl carbamates (subject to hydrolysis) is 1. The molecule has 13 nitrogen and oxygen atoms in total. The molecule has 3 amide bonds. The van der Waals surface area contributed by atoms with Gasteiger partial charge in [0.2, 0.25) is 24.1 Å². The van der Waals surface area contributed by atoms with Gasteiger partial charge in [0, 0.05) is 17.9 Å². The number of carbonyl (C=O) groups excluding carboxylic acids is 4. The number of esters is 1. The van der Waals surface area contributed by atoms with Crippen molar-refractivity contribution in [2.75, 3.05) is 19.9 Å². The van der Waals surface area contributed by atoms with E-state index in [0.29, 0.717) is 42.9 Å². The molecule has 5 atom stereocenters. The second kappa shape index (κ2) is 13.7. The summed E-state index contributed by atoms with van der Waals surface area (Å²) in [5.41, 5.74) is -0.645. The lowest BCUT2D eigenvalue weighted by Crippen LogP contribution is -2.65. The van der Waals surface area contributed by atoms with Crippen LogP contribution in [0.1, 0.15) is 103 Å². The van der Waals surface area contributed by atoms with Crippen molar-refractivity contribution in [3.63, 3.8) is 0 Å². The van der Waals surface area contributed by atoms with Crippen molar-refractivity contribution in [3.05, 3.63) is 35.5 Å². The first-order valence-corrected chi connectivity index (χ1v) is 19.3. The Morgan fingerprint density at radius 2 is 1.94 bits per heavy atom. The molecular formula is C41H48N4O9. The second-order valence-corrected chi connectivity index (χ2v) is 16.3. The third-order valence-corrected chi connectivity index (χ3v) is 11.2. The number of allylic oxidation sites excluding steroid dienone is 1. The number of benzene rings is 1. The Hall–Kier alpha value is -4.99.